The lowest BCUT2D eigenvalue weighted by atomic mass is 10.2. The Labute approximate surface area is 109 Å². The van der Waals surface area contributed by atoms with Crippen molar-refractivity contribution in [2.75, 3.05) is 7.11 Å². The van der Waals surface area contributed by atoms with E-state index in [9.17, 15) is 0 Å². The normalized spacial score (nSPS) is 10.8. The number of aromatic nitrogens is 4. The molecule has 3 N–H and O–H groups in total. The number of quaternary nitrogens is 1. The lowest BCUT2D eigenvalue weighted by molar-refractivity contribution is -0.590. The van der Waals surface area contributed by atoms with Gasteiger partial charge in [-0.1, -0.05) is 12.1 Å². The van der Waals surface area contributed by atoms with Gasteiger partial charge in [0.2, 0.25) is 0 Å². The molecular formula is C13H14N5O+. The number of nitrogens with two attached hydrogens (primary N) is 1. The molecule has 0 aliphatic rings. The summed E-state index contributed by atoms with van der Waals surface area (Å²) < 4.78 is 5.33. The third-order valence-electron chi connectivity index (χ3n) is 2.96. The van der Waals surface area contributed by atoms with Crippen LogP contribution in [0.25, 0.3) is 11.2 Å². The van der Waals surface area contributed by atoms with Crippen LogP contribution in [0.3, 0.4) is 0 Å². The zero-order valence-electron chi connectivity index (χ0n) is 10.5. The van der Waals surface area contributed by atoms with Crippen LogP contribution in [0.1, 0.15) is 5.56 Å². The number of nitrogens with zero attached hydrogens (tertiary/aromatic N) is 3. The Morgan fingerprint density at radius 2 is 2.11 bits per heavy atom. The molecule has 0 aliphatic carbocycles. The molecule has 0 spiro atoms. The summed E-state index contributed by atoms with van der Waals surface area (Å²) in [6.07, 6.45) is 3.15. The quantitative estimate of drug-likeness (QED) is 0.722. The Balaban J connectivity index is 1.84. The first-order valence-corrected chi connectivity index (χ1v) is 5.97. The van der Waals surface area contributed by atoms with Crippen molar-refractivity contribution in [3.8, 4) is 5.75 Å². The van der Waals surface area contributed by atoms with E-state index in [2.05, 4.69) is 19.9 Å². The number of fused-ring (bicyclic) bond motifs is 1. The largest absolute Gasteiger partial charge is 0.496 e. The van der Waals surface area contributed by atoms with E-state index in [-0.39, 0.29) is 0 Å². The predicted octanol–water partition coefficient (Wildman–Crippen LogP) is 0.757. The molecule has 96 valence electrons. The number of H-pyrrole nitrogens is 1. The van der Waals surface area contributed by atoms with Crippen LogP contribution in [0.15, 0.2) is 36.9 Å². The molecule has 3 rings (SSSR count). The van der Waals surface area contributed by atoms with Crippen molar-refractivity contribution < 1.29 is 10.1 Å². The Morgan fingerprint density at radius 1 is 1.21 bits per heavy atom. The number of rotatable bonds is 4. The van der Waals surface area contributed by atoms with E-state index in [0.717, 1.165) is 29.2 Å². The van der Waals surface area contributed by atoms with Gasteiger partial charge in [-0.15, -0.1) is 0 Å². The zero-order valence-corrected chi connectivity index (χ0v) is 10.5. The monoisotopic (exact) mass is 256 g/mol. The summed E-state index contributed by atoms with van der Waals surface area (Å²) in [5, 5.41) is 2.04. The van der Waals surface area contributed by atoms with Gasteiger partial charge in [-0.25, -0.2) is 9.97 Å². The number of methoxy groups -OCH3 is 1. The van der Waals surface area contributed by atoms with Gasteiger partial charge in [0.1, 0.15) is 18.6 Å². The minimum atomic E-state index is 0.682. The molecule has 6 heteroatoms. The van der Waals surface area contributed by atoms with Crippen molar-refractivity contribution in [2.24, 2.45) is 0 Å². The summed E-state index contributed by atoms with van der Waals surface area (Å²) in [4.78, 5) is 15.5. The van der Waals surface area contributed by atoms with Crippen LogP contribution in [0, 0.1) is 0 Å². The summed E-state index contributed by atoms with van der Waals surface area (Å²) in [7, 11) is 1.68. The molecule has 1 aromatic carbocycles. The van der Waals surface area contributed by atoms with Crippen LogP contribution in [0.2, 0.25) is 0 Å². The molecule has 0 saturated carbocycles. The molecule has 19 heavy (non-hydrogen) atoms. The minimum absolute atomic E-state index is 0.682. The van der Waals surface area contributed by atoms with Gasteiger partial charge >= 0.3 is 0 Å². The lowest BCUT2D eigenvalue weighted by Crippen LogP contribution is -2.76. The third kappa shape index (κ3) is 2.25. The van der Waals surface area contributed by atoms with E-state index in [4.69, 9.17) is 4.74 Å². The van der Waals surface area contributed by atoms with Gasteiger partial charge in [-0.2, -0.15) is 4.98 Å². The number of ether oxygens (including phenoxy) is 1. The molecule has 0 unspecified atom stereocenters. The first-order chi connectivity index (χ1) is 9.38. The smallest absolute Gasteiger partial charge is 0.254 e. The Kier molecular flexibility index (Phi) is 3.07. The molecular weight excluding hydrogens is 242 g/mol. The van der Waals surface area contributed by atoms with E-state index in [1.807, 2.05) is 29.6 Å². The van der Waals surface area contributed by atoms with Gasteiger partial charge in [0.05, 0.1) is 13.4 Å². The summed E-state index contributed by atoms with van der Waals surface area (Å²) in [5.41, 5.74) is 2.66. The van der Waals surface area contributed by atoms with Gasteiger partial charge in [0.15, 0.2) is 11.2 Å². The topological polar surface area (TPSA) is 80.3 Å². The van der Waals surface area contributed by atoms with Crippen LogP contribution in [0.4, 0.5) is 5.82 Å². The summed E-state index contributed by atoms with van der Waals surface area (Å²) >= 11 is 0. The third-order valence-corrected chi connectivity index (χ3v) is 2.96. The maximum Gasteiger partial charge on any atom is 0.254 e. The predicted molar refractivity (Wildman–Crippen MR) is 70.0 cm³/mol. The molecule has 3 aromatic rings. The highest BCUT2D eigenvalue weighted by atomic mass is 16.5. The number of imidazole rings is 1. The zero-order chi connectivity index (χ0) is 13.1. The van der Waals surface area contributed by atoms with Gasteiger partial charge in [0.25, 0.3) is 5.82 Å². The van der Waals surface area contributed by atoms with E-state index < -0.39 is 0 Å². The maximum absolute atomic E-state index is 5.33. The lowest BCUT2D eigenvalue weighted by Gasteiger charge is -2.06. The van der Waals surface area contributed by atoms with Crippen LogP contribution in [-0.4, -0.2) is 27.0 Å². The first-order valence-electron chi connectivity index (χ1n) is 5.97. The molecule has 2 aromatic heterocycles. The van der Waals surface area contributed by atoms with Gasteiger partial charge < -0.3 is 9.72 Å². The highest BCUT2D eigenvalue weighted by Gasteiger charge is 2.11. The molecule has 0 fully saturated rings. The van der Waals surface area contributed by atoms with Crippen molar-refractivity contribution >= 4 is 17.0 Å². The Hall–Kier alpha value is -2.47. The fourth-order valence-electron chi connectivity index (χ4n) is 2.02. The van der Waals surface area contributed by atoms with Crippen molar-refractivity contribution in [3.63, 3.8) is 0 Å². The molecule has 0 aliphatic heterocycles. The summed E-state index contributed by atoms with van der Waals surface area (Å²) in [6.45, 7) is 0.745. The second-order valence-electron chi connectivity index (χ2n) is 4.08. The van der Waals surface area contributed by atoms with Crippen LogP contribution < -0.4 is 10.1 Å². The molecule has 6 nitrogen and oxygen atoms in total. The number of hydrogen-bond donors (Lipinski definition) is 2. The van der Waals surface area contributed by atoms with Gasteiger partial charge in [-0.05, 0) is 12.1 Å². The fraction of sp³-hybridized carbons (Fsp3) is 0.154. The molecule has 0 radical (unpaired) electrons. The highest BCUT2D eigenvalue weighted by Crippen LogP contribution is 2.16. The number of benzene rings is 1. The van der Waals surface area contributed by atoms with Crippen molar-refractivity contribution in [1.82, 2.24) is 19.9 Å². The van der Waals surface area contributed by atoms with E-state index in [0.29, 0.717) is 5.65 Å². The van der Waals surface area contributed by atoms with Crippen LogP contribution in [0.5, 0.6) is 5.75 Å². The molecule has 2 heterocycles. The number of para-hydroxylation sites is 1. The van der Waals surface area contributed by atoms with E-state index in [1.54, 1.807) is 13.4 Å². The SMILES string of the molecule is COc1ccccc1C[NH2+]c1ncnc2nc[nH]c12. The average molecular weight is 256 g/mol. The molecule has 0 amide bonds. The second-order valence-corrected chi connectivity index (χ2v) is 4.08. The standard InChI is InChI=1S/C13H13N5O/c1-19-10-5-3-2-4-9(10)6-14-12-11-13(16-7-15-11)18-8-17-12/h2-5,7-8H,6H2,1H3,(H2,14,15,16,17,18)/p+1. The minimum Gasteiger partial charge on any atom is -0.496 e. The molecule has 0 bridgehead atoms. The van der Waals surface area contributed by atoms with Crippen LogP contribution in [-0.2, 0) is 6.54 Å². The van der Waals surface area contributed by atoms with E-state index >= 15 is 0 Å². The number of aromatic amines is 1. The van der Waals surface area contributed by atoms with Gasteiger partial charge in [-0.3, -0.25) is 5.32 Å². The molecule has 0 saturated heterocycles. The first kappa shape index (κ1) is 11.6. The second kappa shape index (κ2) is 5.03. The van der Waals surface area contributed by atoms with Crippen molar-refractivity contribution in [2.45, 2.75) is 6.54 Å². The number of hydrogen-bond acceptors (Lipinski definition) is 4. The van der Waals surface area contributed by atoms with Crippen molar-refractivity contribution in [3.05, 3.63) is 42.5 Å². The maximum atomic E-state index is 5.33. The summed E-state index contributed by atoms with van der Waals surface area (Å²) in [6, 6.07) is 7.95. The summed E-state index contributed by atoms with van der Waals surface area (Å²) in [5.74, 6) is 1.74. The average Bonchev–Trinajstić information content (AvgIpc) is 2.94. The Bertz CT molecular complexity index is 694. The van der Waals surface area contributed by atoms with E-state index in [1.165, 1.54) is 6.33 Å². The number of nitrogens with one attached hydrogen (secondary N) is 1. The Morgan fingerprint density at radius 3 is 3.00 bits per heavy atom. The molecule has 0 atom stereocenters. The fourth-order valence-corrected chi connectivity index (χ4v) is 2.02. The highest BCUT2D eigenvalue weighted by molar-refractivity contribution is 5.77. The van der Waals surface area contributed by atoms with Gasteiger partial charge in [0, 0.05) is 5.56 Å². The van der Waals surface area contributed by atoms with Crippen LogP contribution >= 0.6 is 0 Å². The van der Waals surface area contributed by atoms with Crippen molar-refractivity contribution in [1.29, 1.82) is 0 Å².